The number of nitrogens with two attached hydrogens (primary N) is 2. The molecule has 1 rings (SSSR count). The second-order valence-electron chi connectivity index (χ2n) is 4.05. The molecule has 6 nitrogen and oxygen atoms in total. The molecule has 1 aromatic rings. The summed E-state index contributed by atoms with van der Waals surface area (Å²) in [6.07, 6.45) is 0. The van der Waals surface area contributed by atoms with Gasteiger partial charge in [-0.2, -0.15) is 0 Å². The van der Waals surface area contributed by atoms with Gasteiger partial charge in [-0.05, 0) is 12.1 Å². The lowest BCUT2D eigenvalue weighted by Crippen LogP contribution is -2.34. The fraction of sp³-hybridized carbons (Fsp3) is 0.400. The molecule has 1 aromatic carbocycles. The summed E-state index contributed by atoms with van der Waals surface area (Å²) in [6.45, 7) is 0. The first-order valence-corrected chi connectivity index (χ1v) is 6.52. The van der Waals surface area contributed by atoms with E-state index in [4.69, 9.17) is 16.2 Å². The van der Waals surface area contributed by atoms with Gasteiger partial charge in [0.15, 0.2) is 0 Å². The molecule has 0 saturated carbocycles. The molecule has 0 aliphatic rings. The number of para-hydroxylation sites is 2. The van der Waals surface area contributed by atoms with Crippen LogP contribution in [0.2, 0.25) is 0 Å². The summed E-state index contributed by atoms with van der Waals surface area (Å²) in [5.74, 6) is 5.88. The van der Waals surface area contributed by atoms with Crippen molar-refractivity contribution in [1.82, 2.24) is 9.34 Å². The van der Waals surface area contributed by atoms with Gasteiger partial charge in [-0.25, -0.2) is 5.84 Å². The molecule has 0 radical (unpaired) electrons. The molecule has 0 bridgehead atoms. The summed E-state index contributed by atoms with van der Waals surface area (Å²) in [5, 5.41) is 1.24. The maximum atomic E-state index is 5.88. The standard InChI is InChI=1S/C10H20N5OP/c1-13(2)17(14(3)4)16-15(12)10-8-6-5-7-9(10)11/h5-8H,11-12H2,1-4H3/p+1. The van der Waals surface area contributed by atoms with Gasteiger partial charge in [0.25, 0.3) is 0 Å². The summed E-state index contributed by atoms with van der Waals surface area (Å²) >= 11 is 0. The zero-order valence-electron chi connectivity index (χ0n) is 10.7. The largest absolute Gasteiger partial charge is 0.397 e. The molecule has 0 unspecified atom stereocenters. The van der Waals surface area contributed by atoms with E-state index in [1.54, 1.807) is 6.07 Å². The van der Waals surface area contributed by atoms with Crippen LogP contribution in [0.3, 0.4) is 0 Å². The molecule has 0 aromatic heterocycles. The van der Waals surface area contributed by atoms with Crippen molar-refractivity contribution in [2.45, 2.75) is 0 Å². The number of nitrogens with zero attached hydrogens (tertiary/aromatic N) is 3. The molecular formula is C10H21N5OP+. The van der Waals surface area contributed by atoms with Crippen LogP contribution < -0.4 is 16.7 Å². The van der Waals surface area contributed by atoms with Crippen LogP contribution >= 0.6 is 8.45 Å². The molecule has 0 aliphatic carbocycles. The molecule has 0 heterocycles. The fourth-order valence-corrected chi connectivity index (χ4v) is 2.79. The maximum absolute atomic E-state index is 5.88. The van der Waals surface area contributed by atoms with Crippen LogP contribution in [0.1, 0.15) is 0 Å². The number of benzene rings is 1. The summed E-state index contributed by atoms with van der Waals surface area (Å²) in [4.78, 5) is 0. The highest BCUT2D eigenvalue weighted by molar-refractivity contribution is 7.47. The molecule has 0 spiro atoms. The van der Waals surface area contributed by atoms with E-state index in [0.29, 0.717) is 11.4 Å². The first-order valence-electron chi connectivity index (χ1n) is 5.22. The average Bonchev–Trinajstić information content (AvgIpc) is 2.25. The Morgan fingerprint density at radius 2 is 1.59 bits per heavy atom. The number of hydrazine groups is 1. The highest BCUT2D eigenvalue weighted by Crippen LogP contribution is 2.42. The van der Waals surface area contributed by atoms with Crippen molar-refractivity contribution in [2.24, 2.45) is 5.84 Å². The van der Waals surface area contributed by atoms with Gasteiger partial charge in [0.1, 0.15) is 5.69 Å². The van der Waals surface area contributed by atoms with Gasteiger partial charge in [-0.1, -0.05) is 16.8 Å². The van der Waals surface area contributed by atoms with Gasteiger partial charge >= 0.3 is 8.45 Å². The topological polar surface area (TPSA) is 71.0 Å². The monoisotopic (exact) mass is 258 g/mol. The van der Waals surface area contributed by atoms with Crippen molar-refractivity contribution >= 4 is 19.8 Å². The molecule has 17 heavy (non-hydrogen) atoms. The Bertz CT molecular complexity index is 352. The summed E-state index contributed by atoms with van der Waals surface area (Å²) in [7, 11) is 6.49. The Morgan fingerprint density at radius 1 is 1.06 bits per heavy atom. The zero-order valence-corrected chi connectivity index (χ0v) is 11.7. The van der Waals surface area contributed by atoms with E-state index in [0.717, 1.165) is 0 Å². The summed E-state index contributed by atoms with van der Waals surface area (Å²) < 4.78 is 9.73. The second kappa shape index (κ2) is 6.14. The van der Waals surface area contributed by atoms with Crippen LogP contribution in [0, 0.1) is 0 Å². The molecular weight excluding hydrogens is 237 g/mol. The smallest absolute Gasteiger partial charge is 0.311 e. The van der Waals surface area contributed by atoms with Gasteiger partial charge in [0, 0.05) is 28.2 Å². The van der Waals surface area contributed by atoms with E-state index in [9.17, 15) is 0 Å². The third kappa shape index (κ3) is 3.80. The van der Waals surface area contributed by atoms with Crippen LogP contribution in [0.5, 0.6) is 0 Å². The molecule has 0 amide bonds. The number of hydrogen-bond donors (Lipinski definition) is 2. The van der Waals surface area contributed by atoms with Crippen molar-refractivity contribution in [1.29, 1.82) is 0 Å². The van der Waals surface area contributed by atoms with E-state index >= 15 is 0 Å². The number of rotatable bonds is 5. The van der Waals surface area contributed by atoms with Crippen LogP contribution in [0.15, 0.2) is 24.3 Å². The first-order chi connectivity index (χ1) is 7.93. The van der Waals surface area contributed by atoms with Gasteiger partial charge in [-0.15, -0.1) is 14.5 Å². The highest BCUT2D eigenvalue weighted by Gasteiger charge is 2.28. The van der Waals surface area contributed by atoms with Crippen LogP contribution in [0.25, 0.3) is 0 Å². The molecule has 0 saturated heterocycles. The summed E-state index contributed by atoms with van der Waals surface area (Å²) in [6, 6.07) is 7.33. The van der Waals surface area contributed by atoms with Crippen LogP contribution in [0.4, 0.5) is 11.4 Å². The molecule has 0 atom stereocenters. The van der Waals surface area contributed by atoms with Crippen molar-refractivity contribution in [3.63, 3.8) is 0 Å². The Labute approximate surface area is 104 Å². The van der Waals surface area contributed by atoms with E-state index < -0.39 is 8.45 Å². The van der Waals surface area contributed by atoms with Gasteiger partial charge in [0.2, 0.25) is 0 Å². The van der Waals surface area contributed by atoms with Gasteiger partial charge in [0.05, 0.1) is 5.69 Å². The second-order valence-corrected chi connectivity index (χ2v) is 6.58. The number of nitrogen functional groups attached to an aromatic ring is 1. The molecule has 96 valence electrons. The minimum Gasteiger partial charge on any atom is -0.397 e. The first kappa shape index (κ1) is 14.2. The molecule has 4 N–H and O–H groups in total. The van der Waals surface area contributed by atoms with Crippen molar-refractivity contribution in [3.05, 3.63) is 24.3 Å². The quantitative estimate of drug-likeness (QED) is 0.355. The number of anilines is 2. The van der Waals surface area contributed by atoms with Crippen LogP contribution in [-0.4, -0.2) is 37.5 Å². The van der Waals surface area contributed by atoms with Crippen LogP contribution in [-0.2, 0) is 4.62 Å². The maximum Gasteiger partial charge on any atom is 0.311 e. The highest BCUT2D eigenvalue weighted by atomic mass is 31.2. The van der Waals surface area contributed by atoms with Crippen molar-refractivity contribution in [3.8, 4) is 0 Å². The van der Waals surface area contributed by atoms with E-state index in [-0.39, 0.29) is 0 Å². The van der Waals surface area contributed by atoms with E-state index in [1.807, 2.05) is 55.7 Å². The van der Waals surface area contributed by atoms with E-state index in [1.165, 1.54) is 5.17 Å². The Kier molecular flexibility index (Phi) is 5.11. The lowest BCUT2D eigenvalue weighted by molar-refractivity contribution is 0.268. The minimum atomic E-state index is -1.33. The lowest BCUT2D eigenvalue weighted by atomic mass is 10.3. The number of hydrogen-bond acceptors (Lipinski definition) is 6. The fourth-order valence-electron chi connectivity index (χ4n) is 1.39. The van der Waals surface area contributed by atoms with Crippen molar-refractivity contribution < 1.29 is 4.62 Å². The SMILES string of the molecule is CN(C)[PH+](ON(N)c1ccccc1N)N(C)C. The molecule has 0 fully saturated rings. The molecule has 7 heteroatoms. The predicted octanol–water partition coefficient (Wildman–Crippen LogP) is 0.963. The third-order valence-electron chi connectivity index (χ3n) is 2.12. The van der Waals surface area contributed by atoms with Gasteiger partial charge < -0.3 is 5.73 Å². The lowest BCUT2D eigenvalue weighted by Gasteiger charge is -2.24. The normalized spacial score (nSPS) is 11.5. The average molecular weight is 258 g/mol. The van der Waals surface area contributed by atoms with E-state index in [2.05, 4.69) is 0 Å². The summed E-state index contributed by atoms with van der Waals surface area (Å²) in [5.41, 5.74) is 7.09. The predicted molar refractivity (Wildman–Crippen MR) is 74.3 cm³/mol. The Hall–Kier alpha value is -0.910. The Balaban J connectivity index is 2.77. The van der Waals surface area contributed by atoms with Gasteiger partial charge in [-0.3, -0.25) is 0 Å². The third-order valence-corrected chi connectivity index (χ3v) is 4.01. The zero-order chi connectivity index (χ0) is 13.0. The molecule has 0 aliphatic heterocycles. The minimum absolute atomic E-state index is 0.592. The Morgan fingerprint density at radius 3 is 2.06 bits per heavy atom. The van der Waals surface area contributed by atoms with Crippen molar-refractivity contribution in [2.75, 3.05) is 39.1 Å².